The Morgan fingerprint density at radius 3 is 1.15 bits per heavy atom. The number of carboxylic acids is 2. The largest absolute Gasteiger partial charge is 0.490 e. The molecule has 0 aromatic heterocycles. The summed E-state index contributed by atoms with van der Waals surface area (Å²) in [6, 6.07) is 0. The van der Waals surface area contributed by atoms with Crippen molar-refractivity contribution in [3.05, 3.63) is 0 Å². The molecule has 0 spiro atoms. The van der Waals surface area contributed by atoms with Crippen LogP contribution in [0.4, 0.5) is 26.3 Å². The predicted molar refractivity (Wildman–Crippen MR) is 75.9 cm³/mol. The third kappa shape index (κ3) is 6.31. The van der Waals surface area contributed by atoms with Crippen LogP contribution in [-0.4, -0.2) is 45.6 Å². The van der Waals surface area contributed by atoms with Gasteiger partial charge in [0, 0.05) is 11.1 Å². The number of rotatable bonds is 0. The molecule has 6 nitrogen and oxygen atoms in total. The minimum Gasteiger partial charge on any atom is -0.475 e. The molecule has 152 valence electrons. The highest BCUT2D eigenvalue weighted by atomic mass is 19.4. The van der Waals surface area contributed by atoms with Gasteiger partial charge in [0.05, 0.1) is 0 Å². The summed E-state index contributed by atoms with van der Waals surface area (Å²) in [5.74, 6) is -3.79. The Bertz CT molecular complexity index is 491. The Kier molecular flexibility index (Phi) is 6.24. The molecule has 6 N–H and O–H groups in total. The number of carbonyl (C=O) groups is 2. The summed E-state index contributed by atoms with van der Waals surface area (Å²) in [6.45, 7) is 0. The zero-order valence-corrected chi connectivity index (χ0v) is 13.5. The van der Waals surface area contributed by atoms with Gasteiger partial charge < -0.3 is 21.7 Å². The first kappa shape index (κ1) is 22.5. The molecular weight excluding hydrogens is 374 g/mol. The molecule has 4 bridgehead atoms. The van der Waals surface area contributed by atoms with Gasteiger partial charge in [-0.15, -0.1) is 0 Å². The first-order valence-electron chi connectivity index (χ1n) is 7.64. The minimum atomic E-state index is -5.08. The summed E-state index contributed by atoms with van der Waals surface area (Å²) in [4.78, 5) is 17.8. The normalized spacial score (nSPS) is 34.9. The van der Waals surface area contributed by atoms with Gasteiger partial charge in [0.1, 0.15) is 0 Å². The van der Waals surface area contributed by atoms with Gasteiger partial charge in [-0.2, -0.15) is 26.3 Å². The van der Waals surface area contributed by atoms with Crippen molar-refractivity contribution in [2.75, 3.05) is 0 Å². The van der Waals surface area contributed by atoms with E-state index in [-0.39, 0.29) is 11.1 Å². The summed E-state index contributed by atoms with van der Waals surface area (Å²) >= 11 is 0. The molecule has 4 saturated carbocycles. The third-order valence-electron chi connectivity index (χ3n) is 4.64. The molecule has 0 aliphatic heterocycles. The van der Waals surface area contributed by atoms with Crippen molar-refractivity contribution in [1.29, 1.82) is 0 Å². The highest BCUT2D eigenvalue weighted by Crippen LogP contribution is 2.55. The molecule has 4 aliphatic carbocycles. The van der Waals surface area contributed by atoms with Gasteiger partial charge in [0.25, 0.3) is 0 Å². The van der Waals surface area contributed by atoms with E-state index in [0.717, 1.165) is 18.3 Å². The summed E-state index contributed by atoms with van der Waals surface area (Å²) in [5, 5.41) is 14.2. The maximum absolute atomic E-state index is 10.6. The van der Waals surface area contributed by atoms with Gasteiger partial charge >= 0.3 is 24.3 Å². The fraction of sp³-hybridized carbons (Fsp3) is 0.857. The molecule has 0 aromatic carbocycles. The second kappa shape index (κ2) is 7.22. The first-order chi connectivity index (χ1) is 11.5. The van der Waals surface area contributed by atoms with Gasteiger partial charge in [-0.25, -0.2) is 9.59 Å². The molecular formula is C14H20F6N2O4. The monoisotopic (exact) mass is 394 g/mol. The van der Waals surface area contributed by atoms with Crippen LogP contribution >= 0.6 is 0 Å². The van der Waals surface area contributed by atoms with E-state index in [4.69, 9.17) is 31.3 Å². The van der Waals surface area contributed by atoms with Crippen molar-refractivity contribution in [2.24, 2.45) is 23.3 Å². The van der Waals surface area contributed by atoms with Crippen molar-refractivity contribution >= 4 is 11.9 Å². The molecule has 12 heteroatoms. The molecule has 4 fully saturated rings. The second-order valence-electron chi connectivity index (χ2n) is 7.29. The minimum absolute atomic E-state index is 0.138. The zero-order valence-electron chi connectivity index (χ0n) is 13.5. The van der Waals surface area contributed by atoms with Crippen LogP contribution in [-0.2, 0) is 9.59 Å². The van der Waals surface area contributed by atoms with Gasteiger partial charge in [-0.05, 0) is 50.4 Å². The van der Waals surface area contributed by atoms with E-state index in [0.29, 0.717) is 0 Å². The number of alkyl halides is 6. The molecule has 4 aliphatic rings. The van der Waals surface area contributed by atoms with Crippen LogP contribution in [0.3, 0.4) is 0 Å². The number of halogens is 6. The van der Waals surface area contributed by atoms with Crippen molar-refractivity contribution in [1.82, 2.24) is 0 Å². The topological polar surface area (TPSA) is 127 Å². The second-order valence-corrected chi connectivity index (χ2v) is 7.29. The number of hydrogen-bond acceptors (Lipinski definition) is 4. The van der Waals surface area contributed by atoms with E-state index in [1.54, 1.807) is 0 Å². The Labute approximate surface area is 144 Å². The molecule has 0 unspecified atom stereocenters. The van der Waals surface area contributed by atoms with E-state index in [1.807, 2.05) is 0 Å². The van der Waals surface area contributed by atoms with Crippen LogP contribution in [0.2, 0.25) is 0 Å². The predicted octanol–water partition coefficient (Wildman–Crippen LogP) is 2.26. The Morgan fingerprint density at radius 2 is 1.00 bits per heavy atom. The average Bonchev–Trinajstić information content (AvgIpc) is 2.32. The SMILES string of the molecule is NC12CC3CC(C1)CC(N)(C3)C2.O=C(O)C(F)(F)F.O=C(O)C(F)(F)F. The summed E-state index contributed by atoms with van der Waals surface area (Å²) in [7, 11) is 0. The molecule has 0 saturated heterocycles. The lowest BCUT2D eigenvalue weighted by Gasteiger charge is -2.59. The van der Waals surface area contributed by atoms with Crippen LogP contribution in [0.15, 0.2) is 0 Å². The van der Waals surface area contributed by atoms with Gasteiger partial charge in [0.15, 0.2) is 0 Å². The number of carboxylic acid groups (broad SMARTS) is 2. The highest BCUT2D eigenvalue weighted by molar-refractivity contribution is 5.73. The van der Waals surface area contributed by atoms with E-state index >= 15 is 0 Å². The Hall–Kier alpha value is -1.56. The van der Waals surface area contributed by atoms with Crippen molar-refractivity contribution in [3.8, 4) is 0 Å². The Morgan fingerprint density at radius 1 is 0.769 bits per heavy atom. The van der Waals surface area contributed by atoms with E-state index in [1.165, 1.54) is 32.1 Å². The van der Waals surface area contributed by atoms with E-state index in [9.17, 15) is 26.3 Å². The van der Waals surface area contributed by atoms with Gasteiger partial charge in [0.2, 0.25) is 0 Å². The number of hydrogen-bond donors (Lipinski definition) is 4. The maximum atomic E-state index is 10.6. The number of nitrogens with two attached hydrogens (primary N) is 2. The molecule has 26 heavy (non-hydrogen) atoms. The van der Waals surface area contributed by atoms with Crippen LogP contribution in [0.1, 0.15) is 38.5 Å². The molecule has 0 amide bonds. The Balaban J connectivity index is 0.000000212. The lowest BCUT2D eigenvalue weighted by molar-refractivity contribution is -0.193. The maximum Gasteiger partial charge on any atom is 0.490 e. The molecule has 0 aromatic rings. The summed E-state index contributed by atoms with van der Waals surface area (Å²) in [5.41, 5.74) is 12.9. The zero-order chi connectivity index (χ0) is 20.6. The van der Waals surface area contributed by atoms with Crippen molar-refractivity contribution in [2.45, 2.75) is 62.0 Å². The smallest absolute Gasteiger partial charge is 0.475 e. The molecule has 0 radical (unpaired) electrons. The van der Waals surface area contributed by atoms with E-state index < -0.39 is 24.3 Å². The molecule has 0 heterocycles. The fourth-order valence-corrected chi connectivity index (χ4v) is 4.41. The van der Waals surface area contributed by atoms with Crippen LogP contribution < -0.4 is 11.5 Å². The fourth-order valence-electron chi connectivity index (χ4n) is 4.41. The number of aliphatic carboxylic acids is 2. The van der Waals surface area contributed by atoms with Crippen LogP contribution in [0, 0.1) is 11.8 Å². The standard InChI is InChI=1S/C10H18N2.2C2HF3O2/c11-9-2-7-1-8(4-9)5-10(12,3-7)6-9;2*3-2(4,5)1(6)7/h7-8H,1-6,11-12H2;2*(H,6,7). The van der Waals surface area contributed by atoms with Crippen molar-refractivity contribution < 1.29 is 46.1 Å². The van der Waals surface area contributed by atoms with Crippen molar-refractivity contribution in [3.63, 3.8) is 0 Å². The van der Waals surface area contributed by atoms with E-state index in [2.05, 4.69) is 0 Å². The van der Waals surface area contributed by atoms with Gasteiger partial charge in [-0.3, -0.25) is 0 Å². The average molecular weight is 394 g/mol. The van der Waals surface area contributed by atoms with Crippen LogP contribution in [0.25, 0.3) is 0 Å². The quantitative estimate of drug-likeness (QED) is 0.467. The third-order valence-corrected chi connectivity index (χ3v) is 4.64. The van der Waals surface area contributed by atoms with Gasteiger partial charge in [-0.1, -0.05) is 0 Å². The highest BCUT2D eigenvalue weighted by Gasteiger charge is 2.54. The lowest BCUT2D eigenvalue weighted by atomic mass is 9.50. The summed E-state index contributed by atoms with van der Waals surface area (Å²) < 4.78 is 63.5. The summed E-state index contributed by atoms with van der Waals surface area (Å²) in [6.07, 6.45) is -2.65. The molecule has 0 atom stereocenters. The lowest BCUT2D eigenvalue weighted by Crippen LogP contribution is -2.66. The first-order valence-corrected chi connectivity index (χ1v) is 7.64. The van der Waals surface area contributed by atoms with Crippen LogP contribution in [0.5, 0.6) is 0 Å². The molecule has 4 rings (SSSR count).